The number of likely N-dealkylation sites (tertiary alicyclic amines) is 1. The van der Waals surface area contributed by atoms with Gasteiger partial charge >= 0.3 is 24.0 Å². The summed E-state index contributed by atoms with van der Waals surface area (Å²) < 4.78 is 27.5. The Hall–Kier alpha value is -1.87. The third-order valence-electron chi connectivity index (χ3n) is 5.28. The SMILES string of the molecule is CCOC(=O)OC(O[C@H]1CC[C@H](C(=O)OCC)CC1)(C(=O)OC(C)(C)C)N1CCCC1. The van der Waals surface area contributed by atoms with Gasteiger partial charge in [-0.1, -0.05) is 0 Å². The number of esters is 2. The molecule has 1 aliphatic heterocycles. The van der Waals surface area contributed by atoms with Crippen LogP contribution in [-0.4, -0.2) is 66.9 Å². The molecule has 1 heterocycles. The molecule has 0 spiro atoms. The normalized spacial score (nSPS) is 24.2. The minimum atomic E-state index is -2.02. The van der Waals surface area contributed by atoms with Crippen LogP contribution >= 0.6 is 0 Å². The molecule has 0 N–H and O–H groups in total. The van der Waals surface area contributed by atoms with E-state index in [4.69, 9.17) is 23.7 Å². The van der Waals surface area contributed by atoms with E-state index >= 15 is 0 Å². The number of hydrogen-bond donors (Lipinski definition) is 0. The van der Waals surface area contributed by atoms with E-state index in [2.05, 4.69) is 0 Å². The highest BCUT2D eigenvalue weighted by Gasteiger charge is 2.55. The van der Waals surface area contributed by atoms with Crippen LogP contribution in [0.25, 0.3) is 0 Å². The second-order valence-electron chi connectivity index (χ2n) is 8.91. The van der Waals surface area contributed by atoms with E-state index in [1.807, 2.05) is 0 Å². The molecule has 9 heteroatoms. The maximum absolute atomic E-state index is 13.3. The van der Waals surface area contributed by atoms with Crippen molar-refractivity contribution in [3.63, 3.8) is 0 Å². The Labute approximate surface area is 184 Å². The van der Waals surface area contributed by atoms with Crippen LogP contribution in [0.2, 0.25) is 0 Å². The summed E-state index contributed by atoms with van der Waals surface area (Å²) in [7, 11) is 0. The van der Waals surface area contributed by atoms with Gasteiger partial charge < -0.3 is 23.7 Å². The third-order valence-corrected chi connectivity index (χ3v) is 5.28. The largest absolute Gasteiger partial charge is 0.512 e. The molecule has 2 aliphatic rings. The Morgan fingerprint density at radius 2 is 1.45 bits per heavy atom. The predicted octanol–water partition coefficient (Wildman–Crippen LogP) is 3.39. The smallest absolute Gasteiger partial charge is 0.466 e. The van der Waals surface area contributed by atoms with Gasteiger partial charge in [-0.25, -0.2) is 14.5 Å². The second-order valence-corrected chi connectivity index (χ2v) is 8.91. The Morgan fingerprint density at radius 1 is 0.871 bits per heavy atom. The molecule has 1 saturated carbocycles. The first-order valence-corrected chi connectivity index (χ1v) is 11.3. The minimum absolute atomic E-state index is 0.105. The number of nitrogens with zero attached hydrogens (tertiary/aromatic N) is 1. The zero-order valence-electron chi connectivity index (χ0n) is 19.4. The molecule has 0 aromatic heterocycles. The molecule has 1 saturated heterocycles. The van der Waals surface area contributed by atoms with E-state index in [-0.39, 0.29) is 24.6 Å². The van der Waals surface area contributed by atoms with Crippen LogP contribution in [-0.2, 0) is 33.3 Å². The van der Waals surface area contributed by atoms with Gasteiger partial charge in [-0.15, -0.1) is 0 Å². The molecule has 0 radical (unpaired) electrons. The first-order valence-electron chi connectivity index (χ1n) is 11.3. The quantitative estimate of drug-likeness (QED) is 0.317. The molecule has 2 rings (SSSR count). The summed E-state index contributed by atoms with van der Waals surface area (Å²) in [6.45, 7) is 10.2. The van der Waals surface area contributed by atoms with Crippen molar-refractivity contribution in [3.8, 4) is 0 Å². The van der Waals surface area contributed by atoms with Gasteiger partial charge in [0.05, 0.1) is 25.2 Å². The Balaban J connectivity index is 2.24. The van der Waals surface area contributed by atoms with Crippen molar-refractivity contribution in [2.45, 2.75) is 90.8 Å². The van der Waals surface area contributed by atoms with Crippen molar-refractivity contribution in [1.29, 1.82) is 0 Å². The molecule has 0 bridgehead atoms. The van der Waals surface area contributed by atoms with Crippen LogP contribution in [0.3, 0.4) is 0 Å². The number of hydrogen-bond acceptors (Lipinski definition) is 9. The van der Waals surface area contributed by atoms with Crippen molar-refractivity contribution in [1.82, 2.24) is 4.90 Å². The van der Waals surface area contributed by atoms with Crippen molar-refractivity contribution in [3.05, 3.63) is 0 Å². The van der Waals surface area contributed by atoms with Gasteiger partial charge in [0, 0.05) is 13.1 Å². The minimum Gasteiger partial charge on any atom is -0.466 e. The van der Waals surface area contributed by atoms with Crippen LogP contribution in [0.5, 0.6) is 0 Å². The summed E-state index contributed by atoms with van der Waals surface area (Å²) >= 11 is 0. The Kier molecular flexibility index (Phi) is 9.12. The van der Waals surface area contributed by atoms with Gasteiger partial charge in [0.25, 0.3) is 0 Å². The molecule has 9 nitrogen and oxygen atoms in total. The second kappa shape index (κ2) is 11.1. The van der Waals surface area contributed by atoms with E-state index in [0.29, 0.717) is 45.4 Å². The summed E-state index contributed by atoms with van der Waals surface area (Å²) in [4.78, 5) is 39.4. The van der Waals surface area contributed by atoms with Gasteiger partial charge in [-0.2, -0.15) is 0 Å². The zero-order chi connectivity index (χ0) is 23.1. The van der Waals surface area contributed by atoms with E-state index in [0.717, 1.165) is 12.8 Å². The van der Waals surface area contributed by atoms with Crippen LogP contribution in [0.15, 0.2) is 0 Å². The van der Waals surface area contributed by atoms with Crippen molar-refractivity contribution < 1.29 is 38.1 Å². The average molecular weight is 444 g/mol. The van der Waals surface area contributed by atoms with Crippen molar-refractivity contribution in [2.24, 2.45) is 5.92 Å². The maximum atomic E-state index is 13.3. The summed E-state index contributed by atoms with van der Waals surface area (Å²) in [5.74, 6) is -3.19. The molecule has 31 heavy (non-hydrogen) atoms. The molecular formula is C22H37NO8. The Bertz CT molecular complexity index is 617. The van der Waals surface area contributed by atoms with Gasteiger partial charge in [0.15, 0.2) is 0 Å². The molecule has 1 aliphatic carbocycles. The van der Waals surface area contributed by atoms with E-state index in [1.165, 1.54) is 0 Å². The first-order chi connectivity index (χ1) is 14.6. The first kappa shape index (κ1) is 25.4. The van der Waals surface area contributed by atoms with Gasteiger partial charge in [-0.3, -0.25) is 4.79 Å². The van der Waals surface area contributed by atoms with Crippen LogP contribution in [0, 0.1) is 5.92 Å². The fourth-order valence-corrected chi connectivity index (χ4v) is 3.90. The lowest BCUT2D eigenvalue weighted by Crippen LogP contribution is -2.61. The molecule has 0 amide bonds. The topological polar surface area (TPSA) is 101 Å². The van der Waals surface area contributed by atoms with Gasteiger partial charge in [-0.05, 0) is 73.1 Å². The number of rotatable bonds is 8. The molecule has 1 unspecified atom stereocenters. The molecule has 0 aromatic carbocycles. The highest BCUT2D eigenvalue weighted by atomic mass is 16.8. The fraction of sp³-hybridized carbons (Fsp3) is 0.864. The summed E-state index contributed by atoms with van der Waals surface area (Å²) in [6, 6.07) is 0. The van der Waals surface area contributed by atoms with Gasteiger partial charge in [0.1, 0.15) is 5.60 Å². The molecule has 1 atom stereocenters. The summed E-state index contributed by atoms with van der Waals surface area (Å²) in [5.41, 5.74) is -0.801. The van der Waals surface area contributed by atoms with Crippen LogP contribution < -0.4 is 0 Å². The lowest BCUT2D eigenvalue weighted by atomic mass is 9.87. The van der Waals surface area contributed by atoms with Crippen LogP contribution in [0.1, 0.15) is 73.1 Å². The molecule has 178 valence electrons. The lowest BCUT2D eigenvalue weighted by Gasteiger charge is -2.41. The molecule has 2 fully saturated rings. The maximum Gasteiger partial charge on any atom is 0.512 e. The summed E-state index contributed by atoms with van der Waals surface area (Å²) in [5, 5.41) is 0. The highest BCUT2D eigenvalue weighted by Crippen LogP contribution is 2.35. The van der Waals surface area contributed by atoms with E-state index < -0.39 is 23.6 Å². The highest BCUT2D eigenvalue weighted by molar-refractivity contribution is 5.80. The predicted molar refractivity (Wildman–Crippen MR) is 111 cm³/mol. The fourth-order valence-electron chi connectivity index (χ4n) is 3.90. The van der Waals surface area contributed by atoms with Crippen LogP contribution in [0.4, 0.5) is 4.79 Å². The molecule has 0 aromatic rings. The molecular weight excluding hydrogens is 406 g/mol. The van der Waals surface area contributed by atoms with E-state index in [1.54, 1.807) is 39.5 Å². The average Bonchev–Trinajstić information content (AvgIpc) is 3.22. The zero-order valence-corrected chi connectivity index (χ0v) is 19.4. The summed E-state index contributed by atoms with van der Waals surface area (Å²) in [6.07, 6.45) is 2.54. The van der Waals surface area contributed by atoms with Crippen molar-refractivity contribution >= 4 is 18.1 Å². The Morgan fingerprint density at radius 3 is 1.97 bits per heavy atom. The van der Waals surface area contributed by atoms with E-state index in [9.17, 15) is 14.4 Å². The van der Waals surface area contributed by atoms with Crippen molar-refractivity contribution in [2.75, 3.05) is 26.3 Å². The third kappa shape index (κ3) is 7.07. The van der Waals surface area contributed by atoms with Gasteiger partial charge in [0.2, 0.25) is 0 Å². The standard InChI is InChI=1S/C22H37NO8/c1-6-27-18(24)16-10-12-17(13-11-16)29-22(23-14-8-9-15-23,31-20(26)28-7-2)19(25)30-21(3,4)5/h16-17H,6-15H2,1-5H3/t16-,17-,22?. The lowest BCUT2D eigenvalue weighted by molar-refractivity contribution is -0.310. The monoisotopic (exact) mass is 443 g/mol. The number of carbonyl (C=O) groups excluding carboxylic acids is 3. The number of ether oxygens (including phenoxy) is 5. The number of carbonyl (C=O) groups is 3.